The first kappa shape index (κ1) is 10.7. The van der Waals surface area contributed by atoms with E-state index >= 15 is 0 Å². The average Bonchev–Trinajstić information content (AvgIpc) is 2.19. The van der Waals surface area contributed by atoms with Crippen LogP contribution in [-0.4, -0.2) is 23.8 Å². The van der Waals surface area contributed by atoms with E-state index in [2.05, 4.69) is 4.98 Å². The monoisotopic (exact) mass is 227 g/mol. The van der Waals surface area contributed by atoms with Crippen LogP contribution in [0, 0.1) is 0 Å². The van der Waals surface area contributed by atoms with Crippen molar-refractivity contribution in [1.82, 2.24) is 4.98 Å². The second kappa shape index (κ2) is 3.99. The molecule has 1 N–H and O–H groups in total. The van der Waals surface area contributed by atoms with Gasteiger partial charge >= 0.3 is 0 Å². The Labute approximate surface area is 94.0 Å². The van der Waals surface area contributed by atoms with E-state index in [4.69, 9.17) is 16.3 Å². The molecule has 82 valence electrons. The van der Waals surface area contributed by atoms with E-state index < -0.39 is 0 Å². The molecule has 1 aliphatic rings. The van der Waals surface area contributed by atoms with E-state index in [0.29, 0.717) is 10.9 Å². The number of pyridine rings is 1. The first-order chi connectivity index (χ1) is 7.23. The van der Waals surface area contributed by atoms with Crippen molar-refractivity contribution in [3.8, 4) is 5.88 Å². The number of methoxy groups -OCH3 is 1. The second-order valence-electron chi connectivity index (χ2n) is 3.97. The molecule has 2 rings (SSSR count). The SMILES string of the molecule is COc1nccc(Cl)c1C1(CO)CCC1. The maximum absolute atomic E-state index is 9.49. The number of hydrogen-bond acceptors (Lipinski definition) is 3. The topological polar surface area (TPSA) is 42.4 Å². The van der Waals surface area contributed by atoms with Gasteiger partial charge in [0.15, 0.2) is 0 Å². The molecule has 1 aromatic heterocycles. The Bertz CT molecular complexity index is 358. The molecular weight excluding hydrogens is 214 g/mol. The van der Waals surface area contributed by atoms with Crippen molar-refractivity contribution in [1.29, 1.82) is 0 Å². The molecule has 1 aromatic rings. The summed E-state index contributed by atoms with van der Waals surface area (Å²) in [6.45, 7) is 0.106. The van der Waals surface area contributed by atoms with Gasteiger partial charge in [0.05, 0.1) is 18.7 Å². The Kier molecular flexibility index (Phi) is 2.85. The van der Waals surface area contributed by atoms with Crippen LogP contribution in [0.2, 0.25) is 5.02 Å². The van der Waals surface area contributed by atoms with Crippen LogP contribution in [0.25, 0.3) is 0 Å². The Morgan fingerprint density at radius 1 is 1.60 bits per heavy atom. The maximum Gasteiger partial charge on any atom is 0.218 e. The van der Waals surface area contributed by atoms with Crippen LogP contribution < -0.4 is 4.74 Å². The van der Waals surface area contributed by atoms with E-state index in [9.17, 15) is 5.11 Å². The molecular formula is C11H14ClNO2. The summed E-state index contributed by atoms with van der Waals surface area (Å²) in [5, 5.41) is 10.1. The molecule has 0 spiro atoms. The largest absolute Gasteiger partial charge is 0.481 e. The Morgan fingerprint density at radius 3 is 2.80 bits per heavy atom. The predicted octanol–water partition coefficient (Wildman–Crippen LogP) is 2.16. The Morgan fingerprint density at radius 2 is 2.33 bits per heavy atom. The summed E-state index contributed by atoms with van der Waals surface area (Å²) in [5.74, 6) is 0.538. The van der Waals surface area contributed by atoms with E-state index in [0.717, 1.165) is 24.8 Å². The zero-order chi connectivity index (χ0) is 10.9. The minimum atomic E-state index is -0.226. The van der Waals surface area contributed by atoms with Crippen molar-refractivity contribution in [2.75, 3.05) is 13.7 Å². The second-order valence-corrected chi connectivity index (χ2v) is 4.38. The number of ether oxygens (including phenoxy) is 1. The van der Waals surface area contributed by atoms with Crippen molar-refractivity contribution in [3.05, 3.63) is 22.8 Å². The Hall–Kier alpha value is -0.800. The molecule has 1 aliphatic carbocycles. The molecule has 3 nitrogen and oxygen atoms in total. The highest BCUT2D eigenvalue weighted by atomic mass is 35.5. The van der Waals surface area contributed by atoms with E-state index in [1.165, 1.54) is 0 Å². The fraction of sp³-hybridized carbons (Fsp3) is 0.545. The van der Waals surface area contributed by atoms with Gasteiger partial charge in [-0.3, -0.25) is 0 Å². The van der Waals surface area contributed by atoms with Gasteiger partial charge in [0, 0.05) is 17.2 Å². The van der Waals surface area contributed by atoms with Crippen LogP contribution in [0.3, 0.4) is 0 Å². The highest BCUT2D eigenvalue weighted by Crippen LogP contribution is 2.48. The first-order valence-corrected chi connectivity index (χ1v) is 5.41. The number of aliphatic hydroxyl groups is 1. The molecule has 0 amide bonds. The van der Waals surface area contributed by atoms with Gasteiger partial charge in [0.2, 0.25) is 5.88 Å². The minimum Gasteiger partial charge on any atom is -0.481 e. The molecule has 0 saturated heterocycles. The predicted molar refractivity (Wildman–Crippen MR) is 58.4 cm³/mol. The summed E-state index contributed by atoms with van der Waals surface area (Å²) in [7, 11) is 1.58. The first-order valence-electron chi connectivity index (χ1n) is 5.03. The molecule has 0 radical (unpaired) electrons. The van der Waals surface area contributed by atoms with E-state index in [1.807, 2.05) is 0 Å². The third-order valence-electron chi connectivity index (χ3n) is 3.20. The summed E-state index contributed by atoms with van der Waals surface area (Å²) in [5.41, 5.74) is 0.638. The third kappa shape index (κ3) is 1.60. The van der Waals surface area contributed by atoms with Crippen LogP contribution in [0.4, 0.5) is 0 Å². The number of halogens is 1. The van der Waals surface area contributed by atoms with Crippen LogP contribution in [0.5, 0.6) is 5.88 Å². The molecule has 0 unspecified atom stereocenters. The maximum atomic E-state index is 9.49. The van der Waals surface area contributed by atoms with Crippen molar-refractivity contribution in [2.45, 2.75) is 24.7 Å². The summed E-state index contributed by atoms with van der Waals surface area (Å²) < 4.78 is 5.20. The van der Waals surface area contributed by atoms with Crippen molar-refractivity contribution in [3.63, 3.8) is 0 Å². The van der Waals surface area contributed by atoms with Crippen LogP contribution in [0.1, 0.15) is 24.8 Å². The minimum absolute atomic E-state index is 0.106. The summed E-state index contributed by atoms with van der Waals surface area (Å²) >= 11 is 6.15. The summed E-state index contributed by atoms with van der Waals surface area (Å²) in [6, 6.07) is 1.75. The molecule has 15 heavy (non-hydrogen) atoms. The van der Waals surface area contributed by atoms with E-state index in [1.54, 1.807) is 19.4 Å². The number of aromatic nitrogens is 1. The number of nitrogens with zero attached hydrogens (tertiary/aromatic N) is 1. The molecule has 0 bridgehead atoms. The van der Waals surface area contributed by atoms with Gasteiger partial charge in [-0.1, -0.05) is 18.0 Å². The van der Waals surface area contributed by atoms with Gasteiger partial charge in [0.1, 0.15) is 0 Å². The molecule has 4 heteroatoms. The zero-order valence-electron chi connectivity index (χ0n) is 8.66. The summed E-state index contributed by atoms with van der Waals surface area (Å²) in [6.07, 6.45) is 4.64. The van der Waals surface area contributed by atoms with Gasteiger partial charge in [-0.15, -0.1) is 0 Å². The van der Waals surface area contributed by atoms with Gasteiger partial charge in [-0.25, -0.2) is 4.98 Å². The lowest BCUT2D eigenvalue weighted by Crippen LogP contribution is -2.38. The molecule has 0 aliphatic heterocycles. The van der Waals surface area contributed by atoms with Gasteiger partial charge in [-0.2, -0.15) is 0 Å². The highest BCUT2D eigenvalue weighted by Gasteiger charge is 2.42. The molecule has 1 heterocycles. The lowest BCUT2D eigenvalue weighted by atomic mass is 9.65. The van der Waals surface area contributed by atoms with Crippen molar-refractivity contribution >= 4 is 11.6 Å². The number of hydrogen-bond donors (Lipinski definition) is 1. The van der Waals surface area contributed by atoms with Gasteiger partial charge in [0.25, 0.3) is 0 Å². The number of aliphatic hydroxyl groups excluding tert-OH is 1. The quantitative estimate of drug-likeness (QED) is 0.861. The van der Waals surface area contributed by atoms with Crippen LogP contribution in [0.15, 0.2) is 12.3 Å². The van der Waals surface area contributed by atoms with Gasteiger partial charge in [-0.05, 0) is 18.9 Å². The lowest BCUT2D eigenvalue weighted by Gasteiger charge is -2.41. The molecule has 0 aromatic carbocycles. The third-order valence-corrected chi connectivity index (χ3v) is 3.52. The average molecular weight is 228 g/mol. The normalized spacial score (nSPS) is 18.3. The van der Waals surface area contributed by atoms with Crippen molar-refractivity contribution < 1.29 is 9.84 Å². The fourth-order valence-electron chi connectivity index (χ4n) is 2.15. The highest BCUT2D eigenvalue weighted by molar-refractivity contribution is 6.31. The zero-order valence-corrected chi connectivity index (χ0v) is 9.42. The lowest BCUT2D eigenvalue weighted by molar-refractivity contribution is 0.116. The standard InChI is InChI=1S/C11H14ClNO2/c1-15-10-9(8(12)3-6-13-10)11(7-14)4-2-5-11/h3,6,14H,2,4-5,7H2,1H3. The fourth-order valence-corrected chi connectivity index (χ4v) is 2.48. The molecule has 1 saturated carbocycles. The van der Waals surface area contributed by atoms with E-state index in [-0.39, 0.29) is 12.0 Å². The smallest absolute Gasteiger partial charge is 0.218 e. The molecule has 1 fully saturated rings. The van der Waals surface area contributed by atoms with Crippen LogP contribution >= 0.6 is 11.6 Å². The molecule has 0 atom stereocenters. The number of rotatable bonds is 3. The Balaban J connectivity index is 2.49. The summed E-state index contributed by atoms with van der Waals surface area (Å²) in [4.78, 5) is 4.14. The van der Waals surface area contributed by atoms with Crippen LogP contribution in [-0.2, 0) is 5.41 Å². The van der Waals surface area contributed by atoms with Gasteiger partial charge < -0.3 is 9.84 Å². The van der Waals surface area contributed by atoms with Crippen molar-refractivity contribution in [2.24, 2.45) is 0 Å².